The van der Waals surface area contributed by atoms with Gasteiger partial charge in [0.15, 0.2) is 0 Å². The maximum Gasteiger partial charge on any atom is 0.148 e. The minimum Gasteiger partial charge on any atom is -0.298 e. The number of thioether (sulfide) groups is 1. The molecule has 0 amide bonds. The SMILES string of the molecule is O=C(CSc1ccc(F)cc1)Cc1cc(Br)cs1. The third kappa shape index (κ3) is 4.23. The monoisotopic (exact) mass is 344 g/mol. The number of rotatable bonds is 5. The molecular formula is C13H10BrFOS2. The number of carbonyl (C=O) groups excluding carboxylic acids is 1. The number of hydrogen-bond acceptors (Lipinski definition) is 3. The Morgan fingerprint density at radius 3 is 2.67 bits per heavy atom. The first kappa shape index (κ1) is 13.8. The Kier molecular flexibility index (Phi) is 4.97. The molecule has 0 saturated carbocycles. The number of hydrogen-bond donors (Lipinski definition) is 0. The smallest absolute Gasteiger partial charge is 0.148 e. The Labute approximate surface area is 122 Å². The molecule has 0 atom stereocenters. The summed E-state index contributed by atoms with van der Waals surface area (Å²) in [6, 6.07) is 8.15. The Hall–Kier alpha value is -0.650. The van der Waals surface area contributed by atoms with Crippen LogP contribution in [0.1, 0.15) is 4.88 Å². The number of ketones is 1. The van der Waals surface area contributed by atoms with Crippen molar-refractivity contribution in [2.45, 2.75) is 11.3 Å². The predicted molar refractivity (Wildman–Crippen MR) is 77.9 cm³/mol. The highest BCUT2D eigenvalue weighted by atomic mass is 79.9. The van der Waals surface area contributed by atoms with Crippen molar-refractivity contribution in [3.05, 3.63) is 50.9 Å². The van der Waals surface area contributed by atoms with Crippen LogP contribution in [0.25, 0.3) is 0 Å². The highest BCUT2D eigenvalue weighted by molar-refractivity contribution is 9.10. The van der Waals surface area contributed by atoms with E-state index in [9.17, 15) is 9.18 Å². The van der Waals surface area contributed by atoms with Gasteiger partial charge in [-0.05, 0) is 46.3 Å². The lowest BCUT2D eigenvalue weighted by Gasteiger charge is -2.00. The molecular weight excluding hydrogens is 335 g/mol. The molecule has 0 aliphatic rings. The van der Waals surface area contributed by atoms with Crippen LogP contribution in [0.2, 0.25) is 0 Å². The minimum absolute atomic E-state index is 0.179. The van der Waals surface area contributed by atoms with Gasteiger partial charge < -0.3 is 0 Å². The van der Waals surface area contributed by atoms with Crippen molar-refractivity contribution in [2.24, 2.45) is 0 Å². The Morgan fingerprint density at radius 1 is 1.33 bits per heavy atom. The normalized spacial score (nSPS) is 10.6. The van der Waals surface area contributed by atoms with Crippen molar-refractivity contribution in [3.8, 4) is 0 Å². The molecule has 0 spiro atoms. The van der Waals surface area contributed by atoms with Crippen LogP contribution in [0.4, 0.5) is 4.39 Å². The summed E-state index contributed by atoms with van der Waals surface area (Å²) in [7, 11) is 0. The fourth-order valence-electron chi connectivity index (χ4n) is 1.39. The Morgan fingerprint density at radius 2 is 2.06 bits per heavy atom. The van der Waals surface area contributed by atoms with Gasteiger partial charge in [0.25, 0.3) is 0 Å². The first-order chi connectivity index (χ1) is 8.63. The molecule has 2 rings (SSSR count). The van der Waals surface area contributed by atoms with E-state index in [4.69, 9.17) is 0 Å². The van der Waals surface area contributed by atoms with Gasteiger partial charge in [0, 0.05) is 26.0 Å². The van der Waals surface area contributed by atoms with Gasteiger partial charge in [-0.1, -0.05) is 0 Å². The Balaban J connectivity index is 1.83. The molecule has 0 saturated heterocycles. The molecule has 0 N–H and O–H groups in total. The quantitative estimate of drug-likeness (QED) is 0.740. The summed E-state index contributed by atoms with van der Waals surface area (Å²) >= 11 is 6.38. The van der Waals surface area contributed by atoms with Crippen molar-refractivity contribution in [2.75, 3.05) is 5.75 Å². The third-order valence-corrected chi connectivity index (χ3v) is 4.98. The summed E-state index contributed by atoms with van der Waals surface area (Å²) in [6.45, 7) is 0. The van der Waals surface area contributed by atoms with Crippen molar-refractivity contribution >= 4 is 44.8 Å². The zero-order valence-electron chi connectivity index (χ0n) is 9.36. The molecule has 18 heavy (non-hydrogen) atoms. The molecule has 0 aliphatic heterocycles. The summed E-state index contributed by atoms with van der Waals surface area (Å²) in [6.07, 6.45) is 0.463. The minimum atomic E-state index is -0.255. The molecule has 0 radical (unpaired) electrons. The van der Waals surface area contributed by atoms with E-state index in [-0.39, 0.29) is 11.6 Å². The van der Waals surface area contributed by atoms with Gasteiger partial charge in [-0.25, -0.2) is 4.39 Å². The molecule has 5 heteroatoms. The maximum atomic E-state index is 12.7. The molecule has 2 aromatic rings. The van der Waals surface area contributed by atoms with Crippen LogP contribution in [-0.4, -0.2) is 11.5 Å². The van der Waals surface area contributed by atoms with E-state index in [1.807, 2.05) is 11.4 Å². The number of carbonyl (C=O) groups is 1. The van der Waals surface area contributed by atoms with Crippen LogP contribution in [0.5, 0.6) is 0 Å². The molecule has 1 aromatic heterocycles. The summed E-state index contributed by atoms with van der Waals surface area (Å²) in [5.41, 5.74) is 0. The average Bonchev–Trinajstić information content (AvgIpc) is 2.74. The first-order valence-electron chi connectivity index (χ1n) is 5.26. The van der Waals surface area contributed by atoms with Crippen LogP contribution in [0.15, 0.2) is 45.1 Å². The summed E-state index contributed by atoms with van der Waals surface area (Å²) in [5, 5.41) is 1.97. The zero-order valence-corrected chi connectivity index (χ0v) is 12.6. The van der Waals surface area contributed by atoms with E-state index in [1.165, 1.54) is 23.9 Å². The summed E-state index contributed by atoms with van der Waals surface area (Å²) in [5.74, 6) is 0.342. The molecule has 94 valence electrons. The van der Waals surface area contributed by atoms with Crippen LogP contribution >= 0.6 is 39.0 Å². The van der Waals surface area contributed by atoms with E-state index >= 15 is 0 Å². The maximum absolute atomic E-state index is 12.7. The van der Waals surface area contributed by atoms with E-state index in [1.54, 1.807) is 23.5 Å². The standard InChI is InChI=1S/C13H10BrFOS2/c14-9-5-13(17-7-9)6-11(16)8-18-12-3-1-10(15)2-4-12/h1-5,7H,6,8H2. The molecule has 0 unspecified atom stereocenters. The van der Waals surface area contributed by atoms with E-state index < -0.39 is 0 Å². The molecule has 1 heterocycles. The van der Waals surface area contributed by atoms with Gasteiger partial charge in [0.2, 0.25) is 0 Å². The molecule has 0 bridgehead atoms. The lowest BCUT2D eigenvalue weighted by Crippen LogP contribution is -2.04. The number of halogens is 2. The van der Waals surface area contributed by atoms with Crippen molar-refractivity contribution in [1.29, 1.82) is 0 Å². The number of thiophene rings is 1. The van der Waals surface area contributed by atoms with E-state index in [0.717, 1.165) is 14.2 Å². The van der Waals surface area contributed by atoms with E-state index in [0.29, 0.717) is 12.2 Å². The van der Waals surface area contributed by atoms with Crippen molar-refractivity contribution in [1.82, 2.24) is 0 Å². The second-order valence-electron chi connectivity index (χ2n) is 3.69. The second kappa shape index (κ2) is 6.50. The second-order valence-corrected chi connectivity index (χ2v) is 6.65. The van der Waals surface area contributed by atoms with Gasteiger partial charge in [-0.3, -0.25) is 4.79 Å². The van der Waals surface area contributed by atoms with Gasteiger partial charge >= 0.3 is 0 Å². The van der Waals surface area contributed by atoms with Crippen LogP contribution in [0, 0.1) is 5.82 Å². The first-order valence-corrected chi connectivity index (χ1v) is 7.92. The predicted octanol–water partition coefficient (Wildman–Crippen LogP) is 4.55. The Bertz CT molecular complexity index is 536. The van der Waals surface area contributed by atoms with Gasteiger partial charge in [0.05, 0.1) is 5.75 Å². The zero-order chi connectivity index (χ0) is 13.0. The lowest BCUT2D eigenvalue weighted by molar-refractivity contribution is -0.115. The highest BCUT2D eigenvalue weighted by Crippen LogP contribution is 2.22. The molecule has 1 nitrogen and oxygen atoms in total. The van der Waals surface area contributed by atoms with Crippen molar-refractivity contribution < 1.29 is 9.18 Å². The van der Waals surface area contributed by atoms with Crippen LogP contribution in [0.3, 0.4) is 0 Å². The van der Waals surface area contributed by atoms with Crippen LogP contribution in [-0.2, 0) is 11.2 Å². The van der Waals surface area contributed by atoms with Gasteiger partial charge in [-0.15, -0.1) is 23.1 Å². The molecule has 0 fully saturated rings. The molecule has 1 aromatic carbocycles. The lowest BCUT2D eigenvalue weighted by atomic mass is 10.3. The number of benzene rings is 1. The van der Waals surface area contributed by atoms with Gasteiger partial charge in [-0.2, -0.15) is 0 Å². The summed E-state index contributed by atoms with van der Waals surface area (Å²) < 4.78 is 13.7. The fourth-order valence-corrected chi connectivity index (χ4v) is 3.62. The van der Waals surface area contributed by atoms with Crippen LogP contribution < -0.4 is 0 Å². The topological polar surface area (TPSA) is 17.1 Å². The average molecular weight is 345 g/mol. The third-order valence-electron chi connectivity index (χ3n) is 2.21. The molecule has 0 aliphatic carbocycles. The van der Waals surface area contributed by atoms with Gasteiger partial charge in [0.1, 0.15) is 11.6 Å². The van der Waals surface area contributed by atoms with Crippen molar-refractivity contribution in [3.63, 3.8) is 0 Å². The largest absolute Gasteiger partial charge is 0.298 e. The van der Waals surface area contributed by atoms with E-state index in [2.05, 4.69) is 15.9 Å². The fraction of sp³-hybridized carbons (Fsp3) is 0.154. The number of Topliss-reactive ketones (excluding diaryl/α,β-unsaturated/α-hetero) is 1. The highest BCUT2D eigenvalue weighted by Gasteiger charge is 2.07. The summed E-state index contributed by atoms with van der Waals surface area (Å²) in [4.78, 5) is 13.7.